The fourth-order valence-corrected chi connectivity index (χ4v) is 3.23. The fraction of sp³-hybridized carbons (Fsp3) is 0.545. The summed E-state index contributed by atoms with van der Waals surface area (Å²) in [4.78, 5) is 110. The second-order valence-electron chi connectivity index (χ2n) is 8.88. The van der Waals surface area contributed by atoms with Crippen molar-refractivity contribution in [3.63, 3.8) is 0 Å². The maximum absolute atomic E-state index is 12.9. The molecule has 0 heterocycles. The van der Waals surface area contributed by atoms with E-state index in [1.54, 1.807) is 0 Å². The van der Waals surface area contributed by atoms with Crippen LogP contribution < -0.4 is 38.5 Å². The Morgan fingerprint density at radius 2 is 1.00 bits per heavy atom. The summed E-state index contributed by atoms with van der Waals surface area (Å²) in [5, 5.41) is 44.2. The lowest BCUT2D eigenvalue weighted by molar-refractivity contribution is -0.144. The molecule has 0 bridgehead atoms. The van der Waals surface area contributed by atoms with Gasteiger partial charge in [0.1, 0.15) is 24.4 Å². The van der Waals surface area contributed by atoms with Gasteiger partial charge in [-0.3, -0.25) is 43.3 Å². The zero-order valence-electron chi connectivity index (χ0n) is 22.6. The molecule has 0 saturated carbocycles. The lowest BCUT2D eigenvalue weighted by Gasteiger charge is -2.24. The van der Waals surface area contributed by atoms with Crippen LogP contribution in [0.15, 0.2) is 4.99 Å². The van der Waals surface area contributed by atoms with Gasteiger partial charge in [0.25, 0.3) is 0 Å². The van der Waals surface area contributed by atoms with E-state index in [1.165, 1.54) is 0 Å². The number of carbonyl (C=O) groups is 9. The van der Waals surface area contributed by atoms with Crippen LogP contribution in [0.2, 0.25) is 0 Å². The third kappa shape index (κ3) is 16.5. The molecule has 14 N–H and O–H groups in total. The van der Waals surface area contributed by atoms with Crippen LogP contribution in [-0.2, 0) is 43.2 Å². The van der Waals surface area contributed by atoms with Gasteiger partial charge >= 0.3 is 23.9 Å². The number of nitrogens with one attached hydrogen (secondary N) is 4. The van der Waals surface area contributed by atoms with E-state index < -0.39 is 103 Å². The molecule has 0 radical (unpaired) electrons. The molecule has 0 aliphatic carbocycles. The van der Waals surface area contributed by atoms with Crippen molar-refractivity contribution < 1.29 is 63.6 Å². The molecule has 0 aromatic rings. The molecule has 0 saturated heterocycles. The van der Waals surface area contributed by atoms with Gasteiger partial charge in [-0.2, -0.15) is 0 Å². The summed E-state index contributed by atoms with van der Waals surface area (Å²) >= 11 is 0. The maximum atomic E-state index is 12.9. The van der Waals surface area contributed by atoms with Gasteiger partial charge in [-0.1, -0.05) is 0 Å². The summed E-state index contributed by atoms with van der Waals surface area (Å²) < 4.78 is 0. The van der Waals surface area contributed by atoms with Crippen LogP contribution in [0.5, 0.6) is 0 Å². The second kappa shape index (κ2) is 18.9. The number of rotatable bonds is 21. The first-order valence-electron chi connectivity index (χ1n) is 12.3. The van der Waals surface area contributed by atoms with E-state index in [1.807, 2.05) is 16.0 Å². The molecule has 21 nitrogen and oxygen atoms in total. The molecule has 0 aromatic carbocycles. The van der Waals surface area contributed by atoms with Gasteiger partial charge in [0, 0.05) is 6.54 Å². The van der Waals surface area contributed by atoms with E-state index in [0.717, 1.165) is 0 Å². The maximum Gasteiger partial charge on any atom is 0.305 e. The number of aldehydes is 1. The Labute approximate surface area is 242 Å². The largest absolute Gasteiger partial charge is 0.481 e. The molecule has 0 rings (SSSR count). The van der Waals surface area contributed by atoms with Gasteiger partial charge in [0.15, 0.2) is 5.96 Å². The van der Waals surface area contributed by atoms with Crippen LogP contribution in [0.3, 0.4) is 0 Å². The summed E-state index contributed by atoms with van der Waals surface area (Å²) in [6.45, 7) is 0.100. The Balaban J connectivity index is 5.79. The van der Waals surface area contributed by atoms with Gasteiger partial charge in [-0.15, -0.1) is 0 Å². The molecule has 0 fully saturated rings. The van der Waals surface area contributed by atoms with E-state index in [2.05, 4.69) is 10.3 Å². The van der Waals surface area contributed by atoms with Crippen molar-refractivity contribution in [3.05, 3.63) is 0 Å². The minimum absolute atomic E-state index is 0.0181. The molecule has 0 aromatic heterocycles. The zero-order chi connectivity index (χ0) is 33.3. The van der Waals surface area contributed by atoms with Gasteiger partial charge in [-0.05, 0) is 12.8 Å². The Kier molecular flexibility index (Phi) is 16.6. The quantitative estimate of drug-likeness (QED) is 0.0247. The SMILES string of the molecule is NC(N)=NCCC[C@@H](C=O)NC(=O)[C@H](CC(=O)O)NC(=O)[C@H](CC(=O)O)NC(=O)[C@H](CC(=O)O)NC(=O)[C@@H](N)CC(=O)O. The first-order chi connectivity index (χ1) is 20.0. The molecule has 0 aliphatic heterocycles. The highest BCUT2D eigenvalue weighted by atomic mass is 16.4. The average molecular weight is 619 g/mol. The lowest BCUT2D eigenvalue weighted by atomic mass is 10.1. The molecule has 5 atom stereocenters. The molecule has 240 valence electrons. The topological polar surface area (TPSA) is 373 Å². The summed E-state index contributed by atoms with van der Waals surface area (Å²) in [5.74, 6) is -11.8. The number of guanidine groups is 1. The van der Waals surface area contributed by atoms with Crippen molar-refractivity contribution in [2.24, 2.45) is 22.2 Å². The van der Waals surface area contributed by atoms with Crippen LogP contribution in [0.1, 0.15) is 38.5 Å². The van der Waals surface area contributed by atoms with Gasteiger partial charge < -0.3 is 63.7 Å². The fourth-order valence-electron chi connectivity index (χ4n) is 3.23. The molecular weight excluding hydrogens is 584 g/mol. The number of carbonyl (C=O) groups excluding carboxylic acids is 5. The molecule has 43 heavy (non-hydrogen) atoms. The van der Waals surface area contributed by atoms with Crippen molar-refractivity contribution >= 4 is 59.8 Å². The molecule has 4 amide bonds. The van der Waals surface area contributed by atoms with Crippen LogP contribution in [0.25, 0.3) is 0 Å². The number of hydrogen-bond donors (Lipinski definition) is 11. The van der Waals surface area contributed by atoms with Gasteiger partial charge in [0.05, 0.1) is 37.8 Å². The van der Waals surface area contributed by atoms with E-state index in [4.69, 9.17) is 27.4 Å². The number of nitrogens with two attached hydrogens (primary N) is 3. The van der Waals surface area contributed by atoms with E-state index >= 15 is 0 Å². The summed E-state index contributed by atoms with van der Waals surface area (Å²) in [6.07, 6.45) is -3.59. The minimum atomic E-state index is -2.03. The third-order valence-electron chi connectivity index (χ3n) is 5.23. The first-order valence-corrected chi connectivity index (χ1v) is 12.3. The summed E-state index contributed by atoms with van der Waals surface area (Å²) in [5.41, 5.74) is 15.8. The molecule has 21 heteroatoms. The van der Waals surface area contributed by atoms with E-state index in [9.17, 15) is 53.4 Å². The summed E-state index contributed by atoms with van der Waals surface area (Å²) in [6, 6.07) is -8.72. The predicted octanol–water partition coefficient (Wildman–Crippen LogP) is -5.60. The van der Waals surface area contributed by atoms with Crippen LogP contribution >= 0.6 is 0 Å². The number of carboxylic acid groups (broad SMARTS) is 4. The van der Waals surface area contributed by atoms with E-state index in [0.29, 0.717) is 6.29 Å². The Bertz CT molecular complexity index is 1110. The van der Waals surface area contributed by atoms with Crippen molar-refractivity contribution in [1.82, 2.24) is 21.3 Å². The predicted molar refractivity (Wildman–Crippen MR) is 141 cm³/mol. The highest BCUT2D eigenvalue weighted by Crippen LogP contribution is 2.04. The van der Waals surface area contributed by atoms with Gasteiger partial charge in [-0.25, -0.2) is 0 Å². The highest BCUT2D eigenvalue weighted by Gasteiger charge is 2.34. The zero-order valence-corrected chi connectivity index (χ0v) is 22.6. The van der Waals surface area contributed by atoms with Crippen LogP contribution in [-0.4, -0.2) is 117 Å². The number of aliphatic carboxylic acids is 4. The number of amides is 4. The number of hydrogen-bond acceptors (Lipinski definition) is 11. The minimum Gasteiger partial charge on any atom is -0.481 e. The Hall–Kier alpha value is -5.34. The van der Waals surface area contributed by atoms with Gasteiger partial charge in [0.2, 0.25) is 23.6 Å². The molecule has 0 aliphatic rings. The number of aliphatic imine (C=N–C) groups is 1. The molecule has 0 spiro atoms. The Morgan fingerprint density at radius 3 is 1.35 bits per heavy atom. The van der Waals surface area contributed by atoms with Crippen LogP contribution in [0.4, 0.5) is 0 Å². The standard InChI is InChI=1S/C22H34N8O13/c23-10(4-14(32)33)18(40)28-12(6-16(36)37)20(42)30-13(7-17(38)39)21(43)29-11(5-15(34)35)19(41)27-9(8-31)2-1-3-26-22(24)25/h8-13H,1-7,23H2,(H,27,41)(H,28,40)(H,29,43)(H,30,42)(H,32,33)(H,34,35)(H,36,37)(H,38,39)(H4,24,25,26)/t9-,10-,11-,12-,13-/m0/s1. The molecule has 0 unspecified atom stereocenters. The molecular formula is C22H34N8O13. The second-order valence-corrected chi connectivity index (χ2v) is 8.88. The average Bonchev–Trinajstić information content (AvgIpc) is 2.87. The van der Waals surface area contributed by atoms with Crippen molar-refractivity contribution in [1.29, 1.82) is 0 Å². The van der Waals surface area contributed by atoms with Crippen molar-refractivity contribution in [2.45, 2.75) is 68.7 Å². The third-order valence-corrected chi connectivity index (χ3v) is 5.23. The van der Waals surface area contributed by atoms with Crippen molar-refractivity contribution in [2.75, 3.05) is 6.54 Å². The van der Waals surface area contributed by atoms with E-state index in [-0.39, 0.29) is 25.3 Å². The summed E-state index contributed by atoms with van der Waals surface area (Å²) in [7, 11) is 0. The number of nitrogens with zero attached hydrogens (tertiary/aromatic N) is 1. The normalized spacial score (nSPS) is 13.9. The van der Waals surface area contributed by atoms with Crippen molar-refractivity contribution in [3.8, 4) is 0 Å². The van der Waals surface area contributed by atoms with Crippen LogP contribution in [0, 0.1) is 0 Å². The Morgan fingerprint density at radius 1 is 0.628 bits per heavy atom. The first kappa shape index (κ1) is 37.7. The lowest BCUT2D eigenvalue weighted by Crippen LogP contribution is -2.59. The highest BCUT2D eigenvalue weighted by molar-refractivity contribution is 5.98. The number of carboxylic acids is 4. The monoisotopic (exact) mass is 618 g/mol. The smallest absolute Gasteiger partial charge is 0.305 e.